The van der Waals surface area contributed by atoms with Crippen LogP contribution in [-0.2, 0) is 6.42 Å². The molecular weight excluding hydrogens is 250 g/mol. The van der Waals surface area contributed by atoms with Crippen molar-refractivity contribution in [2.45, 2.75) is 39.0 Å². The Hall–Kier alpha value is -1.77. The Morgan fingerprint density at radius 1 is 1.35 bits per heavy atom. The van der Waals surface area contributed by atoms with Gasteiger partial charge in [0.05, 0.1) is 12.6 Å². The number of H-pyrrole nitrogens is 1. The summed E-state index contributed by atoms with van der Waals surface area (Å²) in [6.45, 7) is 1.99. The highest BCUT2D eigenvalue weighted by Crippen LogP contribution is 2.32. The lowest BCUT2D eigenvalue weighted by atomic mass is 9.81. The minimum absolute atomic E-state index is 0.0162. The largest absolute Gasteiger partial charge is 0.496 e. The summed E-state index contributed by atoms with van der Waals surface area (Å²) in [5.74, 6) is 1.69. The molecule has 2 aromatic rings. The second-order valence-electron chi connectivity index (χ2n) is 5.81. The molecule has 0 spiro atoms. The van der Waals surface area contributed by atoms with Gasteiger partial charge in [-0.15, -0.1) is 0 Å². The molecule has 1 aromatic carbocycles. The second kappa shape index (κ2) is 5.31. The smallest absolute Gasteiger partial charge is 0.248 e. The molecule has 20 heavy (non-hydrogen) atoms. The topological polar surface area (TPSA) is 42.1 Å². The summed E-state index contributed by atoms with van der Waals surface area (Å²) in [6.07, 6.45) is 6.28. The molecule has 3 rings (SSSR count). The molecule has 0 amide bonds. The lowest BCUT2D eigenvalue weighted by Gasteiger charge is -2.25. The van der Waals surface area contributed by atoms with Gasteiger partial charge in [0.15, 0.2) is 0 Å². The van der Waals surface area contributed by atoms with E-state index in [0.717, 1.165) is 34.6 Å². The standard InChI is InChI=1S/C17H21NO2/c1-11-15(20-2)9-8-14-13(7-6-12-4-3-5-12)10-16(19)18-17(11)14/h8-10,12H,3-7H2,1-2H3,(H,18,19). The van der Waals surface area contributed by atoms with Crippen molar-refractivity contribution in [1.82, 2.24) is 4.98 Å². The van der Waals surface area contributed by atoms with E-state index in [1.807, 2.05) is 13.0 Å². The van der Waals surface area contributed by atoms with Crippen LogP contribution in [0.4, 0.5) is 0 Å². The van der Waals surface area contributed by atoms with Crippen LogP contribution in [0.25, 0.3) is 10.9 Å². The fourth-order valence-electron chi connectivity index (χ4n) is 3.09. The molecule has 0 bridgehead atoms. The van der Waals surface area contributed by atoms with Crippen molar-refractivity contribution in [3.63, 3.8) is 0 Å². The quantitative estimate of drug-likeness (QED) is 0.923. The Morgan fingerprint density at radius 3 is 2.80 bits per heavy atom. The number of hydrogen-bond acceptors (Lipinski definition) is 2. The maximum absolute atomic E-state index is 11.9. The highest BCUT2D eigenvalue weighted by Gasteiger charge is 2.18. The van der Waals surface area contributed by atoms with Crippen molar-refractivity contribution in [1.29, 1.82) is 0 Å². The van der Waals surface area contributed by atoms with E-state index in [-0.39, 0.29) is 5.56 Å². The SMILES string of the molecule is COc1ccc2c(CCC3CCC3)cc(=O)[nH]c2c1C. The number of rotatable bonds is 4. The summed E-state index contributed by atoms with van der Waals surface area (Å²) in [5, 5.41) is 1.15. The third kappa shape index (κ3) is 2.33. The molecule has 1 heterocycles. The fraction of sp³-hybridized carbons (Fsp3) is 0.471. The first-order chi connectivity index (χ1) is 9.69. The first-order valence-electron chi connectivity index (χ1n) is 7.38. The summed E-state index contributed by atoms with van der Waals surface area (Å²) >= 11 is 0. The van der Waals surface area contributed by atoms with E-state index in [0.29, 0.717) is 0 Å². The maximum Gasteiger partial charge on any atom is 0.248 e. The van der Waals surface area contributed by atoms with Crippen LogP contribution in [0.2, 0.25) is 0 Å². The average molecular weight is 271 g/mol. The van der Waals surface area contributed by atoms with Gasteiger partial charge in [-0.2, -0.15) is 0 Å². The molecule has 1 aromatic heterocycles. The van der Waals surface area contributed by atoms with Gasteiger partial charge < -0.3 is 9.72 Å². The van der Waals surface area contributed by atoms with Crippen molar-refractivity contribution in [3.05, 3.63) is 39.7 Å². The normalized spacial score (nSPS) is 15.3. The molecule has 3 nitrogen and oxygen atoms in total. The van der Waals surface area contributed by atoms with Gasteiger partial charge in [-0.25, -0.2) is 0 Å². The van der Waals surface area contributed by atoms with E-state index in [4.69, 9.17) is 4.74 Å². The highest BCUT2D eigenvalue weighted by molar-refractivity contribution is 5.86. The number of aromatic amines is 1. The lowest BCUT2D eigenvalue weighted by Crippen LogP contribution is -2.13. The number of ether oxygens (including phenoxy) is 1. The van der Waals surface area contributed by atoms with E-state index in [1.54, 1.807) is 13.2 Å². The molecule has 3 heteroatoms. The number of pyridine rings is 1. The molecule has 1 aliphatic rings. The molecule has 1 saturated carbocycles. The molecule has 1 fully saturated rings. The fourth-order valence-corrected chi connectivity index (χ4v) is 3.09. The van der Waals surface area contributed by atoms with Gasteiger partial charge in [0.1, 0.15) is 5.75 Å². The van der Waals surface area contributed by atoms with E-state index >= 15 is 0 Å². The van der Waals surface area contributed by atoms with E-state index in [1.165, 1.54) is 31.2 Å². The summed E-state index contributed by atoms with van der Waals surface area (Å²) in [7, 11) is 1.66. The van der Waals surface area contributed by atoms with Gasteiger partial charge in [0.25, 0.3) is 0 Å². The Kier molecular flexibility index (Phi) is 3.51. The average Bonchev–Trinajstić information content (AvgIpc) is 2.38. The van der Waals surface area contributed by atoms with Gasteiger partial charge in [0.2, 0.25) is 5.56 Å². The predicted octanol–water partition coefficient (Wildman–Crippen LogP) is 3.58. The summed E-state index contributed by atoms with van der Waals surface area (Å²) in [5.41, 5.74) is 3.08. The summed E-state index contributed by atoms with van der Waals surface area (Å²) in [6, 6.07) is 5.81. The molecule has 1 N–H and O–H groups in total. The molecule has 0 aliphatic heterocycles. The predicted molar refractivity (Wildman–Crippen MR) is 81.5 cm³/mol. The Labute approximate surface area is 119 Å². The third-order valence-electron chi connectivity index (χ3n) is 4.58. The van der Waals surface area contributed by atoms with Gasteiger partial charge in [0, 0.05) is 17.0 Å². The first kappa shape index (κ1) is 13.2. The summed E-state index contributed by atoms with van der Waals surface area (Å²) < 4.78 is 5.34. The molecule has 0 atom stereocenters. The zero-order valence-corrected chi connectivity index (χ0v) is 12.2. The molecule has 0 unspecified atom stereocenters. The van der Waals surface area contributed by atoms with Crippen molar-refractivity contribution in [2.24, 2.45) is 5.92 Å². The molecule has 106 valence electrons. The number of methoxy groups -OCH3 is 1. The lowest BCUT2D eigenvalue weighted by molar-refractivity contribution is 0.296. The van der Waals surface area contributed by atoms with Crippen molar-refractivity contribution in [3.8, 4) is 5.75 Å². The Balaban J connectivity index is 2.02. The van der Waals surface area contributed by atoms with Gasteiger partial charge in [-0.05, 0) is 43.4 Å². The molecule has 0 saturated heterocycles. The van der Waals surface area contributed by atoms with Crippen molar-refractivity contribution in [2.75, 3.05) is 7.11 Å². The number of fused-ring (bicyclic) bond motifs is 1. The second-order valence-corrected chi connectivity index (χ2v) is 5.81. The molecule has 1 aliphatic carbocycles. The number of hydrogen-bond donors (Lipinski definition) is 1. The van der Waals surface area contributed by atoms with Crippen molar-refractivity contribution < 1.29 is 4.74 Å². The van der Waals surface area contributed by atoms with E-state index in [2.05, 4.69) is 11.1 Å². The van der Waals surface area contributed by atoms with Crippen LogP contribution >= 0.6 is 0 Å². The number of aryl methyl sites for hydroxylation is 2. The molecular formula is C17H21NO2. The molecule has 0 radical (unpaired) electrons. The zero-order valence-electron chi connectivity index (χ0n) is 12.2. The van der Waals surface area contributed by atoms with Crippen LogP contribution in [0.1, 0.15) is 36.8 Å². The summed E-state index contributed by atoms with van der Waals surface area (Å²) in [4.78, 5) is 14.8. The van der Waals surface area contributed by atoms with Crippen LogP contribution in [0, 0.1) is 12.8 Å². The van der Waals surface area contributed by atoms with Crippen LogP contribution in [0.3, 0.4) is 0 Å². The minimum atomic E-state index is -0.0162. The Morgan fingerprint density at radius 2 is 2.15 bits per heavy atom. The van der Waals surface area contributed by atoms with Gasteiger partial charge in [-0.3, -0.25) is 4.79 Å². The van der Waals surface area contributed by atoms with Crippen LogP contribution in [-0.4, -0.2) is 12.1 Å². The van der Waals surface area contributed by atoms with Crippen LogP contribution < -0.4 is 10.3 Å². The Bertz CT molecular complexity index is 683. The number of aromatic nitrogens is 1. The third-order valence-corrected chi connectivity index (χ3v) is 4.58. The van der Waals surface area contributed by atoms with Crippen LogP contribution in [0.15, 0.2) is 23.0 Å². The monoisotopic (exact) mass is 271 g/mol. The van der Waals surface area contributed by atoms with E-state index in [9.17, 15) is 4.79 Å². The van der Waals surface area contributed by atoms with E-state index < -0.39 is 0 Å². The van der Waals surface area contributed by atoms with Crippen LogP contribution in [0.5, 0.6) is 5.75 Å². The van der Waals surface area contributed by atoms with Gasteiger partial charge in [-0.1, -0.05) is 19.3 Å². The first-order valence-corrected chi connectivity index (χ1v) is 7.38. The van der Waals surface area contributed by atoms with Crippen molar-refractivity contribution >= 4 is 10.9 Å². The highest BCUT2D eigenvalue weighted by atomic mass is 16.5. The number of nitrogens with one attached hydrogen (secondary N) is 1. The zero-order chi connectivity index (χ0) is 14.1. The maximum atomic E-state index is 11.9. The number of benzene rings is 1. The minimum Gasteiger partial charge on any atom is -0.496 e. The van der Waals surface area contributed by atoms with Gasteiger partial charge >= 0.3 is 0 Å².